The van der Waals surface area contributed by atoms with Crippen molar-refractivity contribution in [3.8, 4) is 11.5 Å². The van der Waals surface area contributed by atoms with Crippen LogP contribution in [0, 0.1) is 6.92 Å². The maximum atomic E-state index is 11.2. The molecule has 3 N–H and O–H groups in total. The van der Waals surface area contributed by atoms with Gasteiger partial charge >= 0.3 is 0 Å². The van der Waals surface area contributed by atoms with Gasteiger partial charge in [0.25, 0.3) is 5.91 Å². The maximum absolute atomic E-state index is 11.2. The smallest absolute Gasteiger partial charge is 0.267 e. The zero-order chi connectivity index (χ0) is 23.5. The first kappa shape index (κ1) is 22.1. The molecule has 7 nitrogen and oxygen atoms in total. The number of rotatable bonds is 7. The summed E-state index contributed by atoms with van der Waals surface area (Å²) in [5, 5.41) is 13.9. The van der Waals surface area contributed by atoms with Crippen LogP contribution in [-0.2, 0) is 11.2 Å². The first-order valence-corrected chi connectivity index (χ1v) is 11.6. The summed E-state index contributed by atoms with van der Waals surface area (Å²) in [6, 6.07) is 19.0. The monoisotopic (exact) mass is 456 g/mol. The van der Waals surface area contributed by atoms with Crippen molar-refractivity contribution >= 4 is 22.9 Å². The van der Waals surface area contributed by atoms with Crippen molar-refractivity contribution in [3.05, 3.63) is 83.1 Å². The molecule has 174 valence electrons. The Kier molecular flexibility index (Phi) is 6.29. The number of carbonyl (C=O) groups is 1. The molecule has 1 saturated heterocycles. The molecule has 2 aromatic heterocycles. The van der Waals surface area contributed by atoms with Gasteiger partial charge in [0.2, 0.25) is 0 Å². The van der Waals surface area contributed by atoms with Gasteiger partial charge in [0, 0.05) is 35.6 Å². The molecule has 7 heteroatoms. The van der Waals surface area contributed by atoms with Gasteiger partial charge in [-0.2, -0.15) is 0 Å². The predicted octanol–water partition coefficient (Wildman–Crippen LogP) is 5.03. The summed E-state index contributed by atoms with van der Waals surface area (Å²) in [4.78, 5) is 17.3. The topological polar surface area (TPSA) is 94.4 Å². The molecular weight excluding hydrogens is 428 g/mol. The van der Waals surface area contributed by atoms with Gasteiger partial charge in [-0.25, -0.2) is 5.48 Å². The number of carbonyl (C=O) groups excluding carboxylic acids is 1. The molecule has 34 heavy (non-hydrogen) atoms. The van der Waals surface area contributed by atoms with Crippen LogP contribution < -0.4 is 5.48 Å². The number of hydrogen-bond donors (Lipinski definition) is 3. The van der Waals surface area contributed by atoms with Crippen LogP contribution in [0.1, 0.15) is 41.3 Å². The third-order valence-corrected chi connectivity index (χ3v) is 6.56. The molecule has 0 aliphatic carbocycles. The Balaban J connectivity index is 1.34. The minimum absolute atomic E-state index is 0.375. The molecule has 5 rings (SSSR count). The molecule has 1 unspecified atom stereocenters. The molecule has 4 aromatic rings. The standard InChI is InChI=1S/C27H28N4O3/c1-18-17-25(34-30-18)27-22(21-5-2-3-6-23(21)28-27)14-16-31-15-4-7-24(31)20-11-8-19(9-12-20)10-13-26(32)29-33/h2-3,5-6,8-13,17,24,28,33H,4,7,14-16H2,1H3,(H,29,32). The second-order valence-electron chi connectivity index (χ2n) is 8.78. The first-order valence-electron chi connectivity index (χ1n) is 11.6. The Morgan fingerprint density at radius 3 is 2.85 bits per heavy atom. The quantitative estimate of drug-likeness (QED) is 0.206. The van der Waals surface area contributed by atoms with Gasteiger partial charge in [-0.3, -0.25) is 14.9 Å². The first-order chi connectivity index (χ1) is 16.6. The van der Waals surface area contributed by atoms with E-state index >= 15 is 0 Å². The third-order valence-electron chi connectivity index (χ3n) is 6.56. The van der Waals surface area contributed by atoms with Gasteiger partial charge in [0.05, 0.1) is 11.4 Å². The number of amides is 1. The molecule has 1 fully saturated rings. The van der Waals surface area contributed by atoms with Gasteiger partial charge < -0.3 is 9.51 Å². The Bertz CT molecular complexity index is 1320. The van der Waals surface area contributed by atoms with Gasteiger partial charge in [-0.1, -0.05) is 47.6 Å². The van der Waals surface area contributed by atoms with E-state index in [0.29, 0.717) is 6.04 Å². The summed E-state index contributed by atoms with van der Waals surface area (Å²) in [7, 11) is 0. The zero-order valence-corrected chi connectivity index (χ0v) is 19.1. The van der Waals surface area contributed by atoms with Crippen LogP contribution >= 0.6 is 0 Å². The highest BCUT2D eigenvalue weighted by Crippen LogP contribution is 2.35. The molecular formula is C27H28N4O3. The van der Waals surface area contributed by atoms with Gasteiger partial charge in [0.15, 0.2) is 5.76 Å². The van der Waals surface area contributed by atoms with Crippen molar-refractivity contribution in [1.29, 1.82) is 0 Å². The highest BCUT2D eigenvalue weighted by atomic mass is 16.5. The lowest BCUT2D eigenvalue weighted by molar-refractivity contribution is -0.124. The SMILES string of the molecule is Cc1cc(-c2[nH]c3ccccc3c2CCN2CCCC2c2ccc(C=CC(=O)NO)cc2)on1. The number of aryl methyl sites for hydroxylation is 1. The van der Waals surface area contributed by atoms with Crippen LogP contribution in [0.5, 0.6) is 0 Å². The van der Waals surface area contributed by atoms with Gasteiger partial charge in [0.1, 0.15) is 0 Å². The van der Waals surface area contributed by atoms with Crippen LogP contribution in [0.4, 0.5) is 0 Å². The zero-order valence-electron chi connectivity index (χ0n) is 19.1. The summed E-state index contributed by atoms with van der Waals surface area (Å²) >= 11 is 0. The molecule has 1 aliphatic heterocycles. The van der Waals surface area contributed by atoms with E-state index in [0.717, 1.165) is 54.2 Å². The van der Waals surface area contributed by atoms with E-state index in [2.05, 4.69) is 45.4 Å². The fourth-order valence-corrected chi connectivity index (χ4v) is 4.92. The summed E-state index contributed by atoms with van der Waals surface area (Å²) in [6.07, 6.45) is 6.21. The second-order valence-corrected chi connectivity index (χ2v) is 8.78. The highest BCUT2D eigenvalue weighted by molar-refractivity contribution is 5.91. The Morgan fingerprint density at radius 2 is 2.09 bits per heavy atom. The number of nitrogens with zero attached hydrogens (tertiary/aromatic N) is 2. The minimum Gasteiger partial charge on any atom is -0.354 e. The molecule has 1 aliphatic rings. The summed E-state index contributed by atoms with van der Waals surface area (Å²) in [5.41, 5.74) is 8.07. The largest absolute Gasteiger partial charge is 0.354 e. The number of likely N-dealkylation sites (tertiary alicyclic amines) is 1. The molecule has 2 aromatic carbocycles. The van der Waals surface area contributed by atoms with Crippen LogP contribution in [0.25, 0.3) is 28.4 Å². The molecule has 1 amide bonds. The summed E-state index contributed by atoms with van der Waals surface area (Å²) in [6.45, 7) is 3.96. The van der Waals surface area contributed by atoms with E-state index in [1.807, 2.05) is 31.2 Å². The molecule has 3 heterocycles. The Labute approximate surface area is 198 Å². The van der Waals surface area contributed by atoms with Crippen LogP contribution in [-0.4, -0.2) is 39.2 Å². The molecule has 0 bridgehead atoms. The normalized spacial score (nSPS) is 16.6. The van der Waals surface area contributed by atoms with Crippen LogP contribution in [0.2, 0.25) is 0 Å². The van der Waals surface area contributed by atoms with Crippen molar-refractivity contribution in [3.63, 3.8) is 0 Å². The third kappa shape index (κ3) is 4.53. The number of aromatic nitrogens is 2. The predicted molar refractivity (Wildman–Crippen MR) is 131 cm³/mol. The number of nitrogens with one attached hydrogen (secondary N) is 2. The minimum atomic E-state index is -0.539. The number of benzene rings is 2. The average Bonchev–Trinajstić information content (AvgIpc) is 3.59. The average molecular weight is 457 g/mol. The van der Waals surface area contributed by atoms with Crippen molar-refractivity contribution in [2.24, 2.45) is 0 Å². The fraction of sp³-hybridized carbons (Fsp3) is 0.259. The molecule has 1 atom stereocenters. The number of H-pyrrole nitrogens is 1. The Morgan fingerprint density at radius 1 is 1.26 bits per heavy atom. The van der Waals surface area contributed by atoms with Crippen molar-refractivity contribution in [2.75, 3.05) is 13.1 Å². The van der Waals surface area contributed by atoms with Gasteiger partial charge in [-0.15, -0.1) is 0 Å². The number of fused-ring (bicyclic) bond motifs is 1. The molecule has 0 radical (unpaired) electrons. The van der Waals surface area contributed by atoms with E-state index < -0.39 is 5.91 Å². The maximum Gasteiger partial charge on any atom is 0.267 e. The lowest BCUT2D eigenvalue weighted by Gasteiger charge is -2.25. The van der Waals surface area contributed by atoms with E-state index in [1.165, 1.54) is 29.0 Å². The number of para-hydroxylation sites is 1. The van der Waals surface area contributed by atoms with E-state index in [-0.39, 0.29) is 0 Å². The lowest BCUT2D eigenvalue weighted by Crippen LogP contribution is -2.25. The molecule has 0 spiro atoms. The van der Waals surface area contributed by atoms with E-state index in [4.69, 9.17) is 9.73 Å². The second kappa shape index (κ2) is 9.67. The number of aromatic amines is 1. The molecule has 0 saturated carbocycles. The van der Waals surface area contributed by atoms with Crippen molar-refractivity contribution < 1.29 is 14.5 Å². The summed E-state index contributed by atoms with van der Waals surface area (Å²) < 4.78 is 5.60. The van der Waals surface area contributed by atoms with Crippen molar-refractivity contribution in [1.82, 2.24) is 20.5 Å². The Hall–Kier alpha value is -3.68. The van der Waals surface area contributed by atoms with Crippen LogP contribution in [0.3, 0.4) is 0 Å². The number of hydrogen-bond acceptors (Lipinski definition) is 5. The van der Waals surface area contributed by atoms with Crippen molar-refractivity contribution in [2.45, 2.75) is 32.2 Å². The van der Waals surface area contributed by atoms with Crippen LogP contribution in [0.15, 0.2) is 65.2 Å². The van der Waals surface area contributed by atoms with E-state index in [1.54, 1.807) is 11.6 Å². The summed E-state index contributed by atoms with van der Waals surface area (Å²) in [5.74, 6) is 0.239. The fourth-order valence-electron chi connectivity index (χ4n) is 4.92. The lowest BCUT2D eigenvalue weighted by atomic mass is 10.0. The highest BCUT2D eigenvalue weighted by Gasteiger charge is 2.26. The van der Waals surface area contributed by atoms with E-state index in [9.17, 15) is 4.79 Å². The van der Waals surface area contributed by atoms with Gasteiger partial charge in [-0.05, 0) is 61.6 Å². The number of hydroxylamine groups is 1.